The predicted molar refractivity (Wildman–Crippen MR) is 106 cm³/mol. The lowest BCUT2D eigenvalue weighted by Gasteiger charge is -2.25. The maximum absolute atomic E-state index is 6.21. The summed E-state index contributed by atoms with van der Waals surface area (Å²) in [5, 5.41) is 0. The van der Waals surface area contributed by atoms with Gasteiger partial charge in [-0.05, 0) is 59.8 Å². The van der Waals surface area contributed by atoms with Crippen LogP contribution in [-0.2, 0) is 12.8 Å². The van der Waals surface area contributed by atoms with Crippen LogP contribution in [0.3, 0.4) is 0 Å². The van der Waals surface area contributed by atoms with E-state index in [2.05, 4.69) is 57.1 Å². The van der Waals surface area contributed by atoms with Gasteiger partial charge < -0.3 is 9.64 Å². The second-order valence-electron chi connectivity index (χ2n) is 6.45. The van der Waals surface area contributed by atoms with Crippen molar-refractivity contribution in [2.75, 3.05) is 13.6 Å². The van der Waals surface area contributed by atoms with Crippen LogP contribution < -0.4 is 4.74 Å². The Labute approximate surface area is 158 Å². The van der Waals surface area contributed by atoms with Gasteiger partial charge in [-0.25, -0.2) is 9.98 Å². The molecule has 132 valence electrons. The van der Waals surface area contributed by atoms with Gasteiger partial charge in [0.2, 0.25) is 5.88 Å². The van der Waals surface area contributed by atoms with Crippen molar-refractivity contribution in [2.45, 2.75) is 39.2 Å². The normalized spacial score (nSPS) is 16.7. The van der Waals surface area contributed by atoms with Crippen LogP contribution in [0.15, 0.2) is 39.8 Å². The maximum atomic E-state index is 6.21. The molecule has 2 aromatic rings. The van der Waals surface area contributed by atoms with Crippen LogP contribution in [0.2, 0.25) is 0 Å². The van der Waals surface area contributed by atoms with Crippen molar-refractivity contribution < 1.29 is 4.74 Å². The number of halogens is 1. The van der Waals surface area contributed by atoms with Gasteiger partial charge in [-0.15, -0.1) is 0 Å². The monoisotopic (exact) mass is 401 g/mol. The van der Waals surface area contributed by atoms with Gasteiger partial charge in [0.15, 0.2) is 0 Å². The SMILES string of the molecule is CCN(C)C=Nc1cc(Br)c(O[C@@H]2CCc3ccccc3C2)nc1C. The summed E-state index contributed by atoms with van der Waals surface area (Å²) in [4.78, 5) is 11.2. The van der Waals surface area contributed by atoms with E-state index in [1.165, 1.54) is 11.1 Å². The number of nitrogens with zero attached hydrogens (tertiary/aromatic N) is 3. The van der Waals surface area contributed by atoms with Crippen molar-refractivity contribution >= 4 is 28.0 Å². The van der Waals surface area contributed by atoms with Crippen molar-refractivity contribution in [3.05, 3.63) is 51.6 Å². The molecule has 0 saturated carbocycles. The van der Waals surface area contributed by atoms with Gasteiger partial charge in [0, 0.05) is 20.0 Å². The highest BCUT2D eigenvalue weighted by Gasteiger charge is 2.21. The summed E-state index contributed by atoms with van der Waals surface area (Å²) in [5.41, 5.74) is 4.55. The highest BCUT2D eigenvalue weighted by atomic mass is 79.9. The molecule has 1 aromatic carbocycles. The fourth-order valence-corrected chi connectivity index (χ4v) is 3.33. The van der Waals surface area contributed by atoms with Gasteiger partial charge in [0.05, 0.1) is 22.2 Å². The van der Waals surface area contributed by atoms with Gasteiger partial charge in [-0.3, -0.25) is 0 Å². The highest BCUT2D eigenvalue weighted by molar-refractivity contribution is 9.10. The standard InChI is InChI=1S/C20H24BrN3O/c1-4-24(3)13-22-19-12-18(21)20(23-14(19)2)25-17-10-9-15-7-5-6-8-16(15)11-17/h5-8,12-13,17H,4,9-11H2,1-3H3/t17-/m1/s1. The molecular weight excluding hydrogens is 378 g/mol. The van der Waals surface area contributed by atoms with E-state index in [0.29, 0.717) is 5.88 Å². The molecule has 5 heteroatoms. The van der Waals surface area contributed by atoms with Gasteiger partial charge in [0.25, 0.3) is 0 Å². The predicted octanol–water partition coefficient (Wildman–Crippen LogP) is 4.70. The average molecular weight is 402 g/mol. The Bertz CT molecular complexity index is 776. The number of hydrogen-bond acceptors (Lipinski definition) is 3. The molecule has 1 atom stereocenters. The van der Waals surface area contributed by atoms with E-state index in [0.717, 1.165) is 41.7 Å². The van der Waals surface area contributed by atoms with Crippen LogP contribution in [0, 0.1) is 6.92 Å². The third-order valence-corrected chi connectivity index (χ3v) is 5.15. The maximum Gasteiger partial charge on any atom is 0.228 e. The molecule has 25 heavy (non-hydrogen) atoms. The zero-order chi connectivity index (χ0) is 17.8. The first kappa shape index (κ1) is 17.9. The summed E-state index contributed by atoms with van der Waals surface area (Å²) >= 11 is 3.59. The summed E-state index contributed by atoms with van der Waals surface area (Å²) in [6, 6.07) is 10.6. The molecule has 0 fully saturated rings. The number of benzene rings is 1. The minimum atomic E-state index is 0.165. The largest absolute Gasteiger partial charge is 0.473 e. The fraction of sp³-hybridized carbons (Fsp3) is 0.400. The molecule has 1 heterocycles. The van der Waals surface area contributed by atoms with Crippen LogP contribution in [0.1, 0.15) is 30.2 Å². The summed E-state index contributed by atoms with van der Waals surface area (Å²) in [7, 11) is 2.00. The third kappa shape index (κ3) is 4.40. The first-order valence-electron chi connectivity index (χ1n) is 8.71. The fourth-order valence-electron chi connectivity index (χ4n) is 2.93. The topological polar surface area (TPSA) is 37.7 Å². The lowest BCUT2D eigenvalue weighted by molar-refractivity contribution is 0.175. The molecule has 0 saturated heterocycles. The first-order chi connectivity index (χ1) is 12.1. The molecule has 0 aliphatic heterocycles. The van der Waals surface area contributed by atoms with Crippen molar-refractivity contribution in [1.82, 2.24) is 9.88 Å². The molecule has 0 amide bonds. The Morgan fingerprint density at radius 2 is 2.12 bits per heavy atom. The van der Waals surface area contributed by atoms with Crippen molar-refractivity contribution in [3.63, 3.8) is 0 Å². The first-order valence-corrected chi connectivity index (χ1v) is 9.51. The number of aliphatic imine (C=N–C) groups is 1. The third-order valence-electron chi connectivity index (χ3n) is 4.58. The van der Waals surface area contributed by atoms with Gasteiger partial charge in [0.1, 0.15) is 6.10 Å². The summed E-state index contributed by atoms with van der Waals surface area (Å²) in [5.74, 6) is 0.657. The second-order valence-corrected chi connectivity index (χ2v) is 7.30. The van der Waals surface area contributed by atoms with Gasteiger partial charge in [-0.2, -0.15) is 0 Å². The lowest BCUT2D eigenvalue weighted by atomic mass is 9.90. The van der Waals surface area contributed by atoms with Gasteiger partial charge in [-0.1, -0.05) is 24.3 Å². The number of fused-ring (bicyclic) bond motifs is 1. The van der Waals surface area contributed by atoms with E-state index in [-0.39, 0.29) is 6.10 Å². The molecule has 0 unspecified atom stereocenters. The van der Waals surface area contributed by atoms with Crippen LogP contribution in [0.5, 0.6) is 5.88 Å². The number of pyridine rings is 1. The molecule has 1 aromatic heterocycles. The van der Waals surface area contributed by atoms with E-state index in [9.17, 15) is 0 Å². The quantitative estimate of drug-likeness (QED) is 0.538. The Kier molecular flexibility index (Phi) is 5.74. The zero-order valence-electron chi connectivity index (χ0n) is 15.0. The molecule has 1 aliphatic rings. The smallest absolute Gasteiger partial charge is 0.228 e. The Morgan fingerprint density at radius 3 is 2.88 bits per heavy atom. The minimum absolute atomic E-state index is 0.165. The van der Waals surface area contributed by atoms with Crippen molar-refractivity contribution in [3.8, 4) is 5.88 Å². The Hall–Kier alpha value is -1.88. The number of aromatic nitrogens is 1. The van der Waals surface area contributed by atoms with Crippen LogP contribution in [0.25, 0.3) is 0 Å². The minimum Gasteiger partial charge on any atom is -0.473 e. The molecule has 0 spiro atoms. The summed E-state index contributed by atoms with van der Waals surface area (Å²) in [6.45, 7) is 4.97. The van der Waals surface area contributed by atoms with E-state index in [1.54, 1.807) is 0 Å². The molecule has 3 rings (SSSR count). The van der Waals surface area contributed by atoms with E-state index >= 15 is 0 Å². The molecule has 4 nitrogen and oxygen atoms in total. The van der Waals surface area contributed by atoms with Gasteiger partial charge >= 0.3 is 0 Å². The Balaban J connectivity index is 1.73. The molecule has 1 aliphatic carbocycles. The molecule has 0 N–H and O–H groups in total. The number of hydrogen-bond donors (Lipinski definition) is 0. The number of aryl methyl sites for hydroxylation is 2. The zero-order valence-corrected chi connectivity index (χ0v) is 16.6. The van der Waals surface area contributed by atoms with Crippen molar-refractivity contribution in [1.29, 1.82) is 0 Å². The molecular formula is C20H24BrN3O. The Morgan fingerprint density at radius 1 is 1.36 bits per heavy atom. The van der Waals surface area contributed by atoms with E-state index < -0.39 is 0 Å². The van der Waals surface area contributed by atoms with E-state index in [4.69, 9.17) is 4.74 Å². The van der Waals surface area contributed by atoms with Crippen LogP contribution >= 0.6 is 15.9 Å². The van der Waals surface area contributed by atoms with Crippen LogP contribution in [0.4, 0.5) is 5.69 Å². The second kappa shape index (κ2) is 8.00. The summed E-state index contributed by atoms with van der Waals surface area (Å²) in [6.07, 6.45) is 5.01. The van der Waals surface area contributed by atoms with Crippen LogP contribution in [-0.4, -0.2) is 35.9 Å². The summed E-state index contributed by atoms with van der Waals surface area (Å²) < 4.78 is 7.06. The van der Waals surface area contributed by atoms with Crippen molar-refractivity contribution in [2.24, 2.45) is 4.99 Å². The average Bonchev–Trinajstić information content (AvgIpc) is 2.63. The highest BCUT2D eigenvalue weighted by Crippen LogP contribution is 2.32. The number of ether oxygens (including phenoxy) is 1. The van der Waals surface area contributed by atoms with E-state index in [1.807, 2.05) is 31.3 Å². The molecule has 0 bridgehead atoms. The lowest BCUT2D eigenvalue weighted by Crippen LogP contribution is -2.25. The molecule has 0 radical (unpaired) electrons. The number of rotatable bonds is 5.